The van der Waals surface area contributed by atoms with E-state index in [9.17, 15) is 14.0 Å². The van der Waals surface area contributed by atoms with E-state index in [1.54, 1.807) is 0 Å². The van der Waals surface area contributed by atoms with Crippen LogP contribution in [0.4, 0.5) is 4.39 Å². The van der Waals surface area contributed by atoms with Crippen LogP contribution < -0.4 is 0 Å². The van der Waals surface area contributed by atoms with Gasteiger partial charge >= 0.3 is 5.97 Å². The van der Waals surface area contributed by atoms with Gasteiger partial charge in [-0.1, -0.05) is 30.3 Å². The normalized spacial score (nSPS) is 30.9. The molecular formula is C17H20FNO3. The number of benzene rings is 1. The molecule has 1 N–H and O–H groups in total. The second-order valence-corrected chi connectivity index (χ2v) is 6.48. The summed E-state index contributed by atoms with van der Waals surface area (Å²) in [5, 5.41) is 8.86. The summed E-state index contributed by atoms with van der Waals surface area (Å²) in [5.74, 6) is -0.734. The van der Waals surface area contributed by atoms with Crippen molar-refractivity contribution in [3.63, 3.8) is 0 Å². The van der Waals surface area contributed by atoms with Crippen LogP contribution >= 0.6 is 0 Å². The van der Waals surface area contributed by atoms with Crippen molar-refractivity contribution in [3.8, 4) is 0 Å². The zero-order valence-electron chi connectivity index (χ0n) is 12.4. The second-order valence-electron chi connectivity index (χ2n) is 6.48. The Hall–Kier alpha value is -1.91. The molecule has 0 aromatic heterocycles. The first-order chi connectivity index (χ1) is 10.5. The zero-order valence-corrected chi connectivity index (χ0v) is 12.4. The van der Waals surface area contributed by atoms with Gasteiger partial charge in [0.05, 0.1) is 6.54 Å². The van der Waals surface area contributed by atoms with Gasteiger partial charge in [-0.25, -0.2) is 9.18 Å². The predicted molar refractivity (Wildman–Crippen MR) is 79.2 cm³/mol. The number of hydrogen-bond donors (Lipinski definition) is 1. The number of halogens is 1. The molecule has 5 heteroatoms. The van der Waals surface area contributed by atoms with E-state index in [0.717, 1.165) is 12.8 Å². The van der Waals surface area contributed by atoms with Crippen molar-refractivity contribution >= 4 is 11.9 Å². The van der Waals surface area contributed by atoms with Crippen LogP contribution in [-0.2, 0) is 9.59 Å². The molecule has 1 heterocycles. The highest BCUT2D eigenvalue weighted by atomic mass is 19.1. The van der Waals surface area contributed by atoms with Gasteiger partial charge in [-0.3, -0.25) is 4.79 Å². The molecule has 1 aliphatic heterocycles. The van der Waals surface area contributed by atoms with E-state index in [1.165, 1.54) is 10.5 Å². The summed E-state index contributed by atoms with van der Waals surface area (Å²) in [6.07, 6.45) is 2.25. The average Bonchev–Trinajstić information content (AvgIpc) is 2.87. The predicted octanol–water partition coefficient (Wildman–Crippen LogP) is 2.60. The van der Waals surface area contributed by atoms with Crippen LogP contribution in [0, 0.1) is 5.92 Å². The number of hydrogen-bond acceptors (Lipinski definition) is 2. The summed E-state index contributed by atoms with van der Waals surface area (Å²) in [6.45, 7) is -0.105. The highest BCUT2D eigenvalue weighted by Crippen LogP contribution is 2.43. The monoisotopic (exact) mass is 305 g/mol. The number of rotatable bonds is 4. The molecule has 1 aliphatic carbocycles. The van der Waals surface area contributed by atoms with Crippen molar-refractivity contribution in [1.82, 2.24) is 4.90 Å². The Morgan fingerprint density at radius 3 is 2.55 bits per heavy atom. The van der Waals surface area contributed by atoms with Crippen LogP contribution in [0.2, 0.25) is 0 Å². The topological polar surface area (TPSA) is 57.6 Å². The maximum Gasteiger partial charge on any atom is 0.343 e. The quantitative estimate of drug-likeness (QED) is 0.930. The summed E-state index contributed by atoms with van der Waals surface area (Å²) in [4.78, 5) is 24.4. The highest BCUT2D eigenvalue weighted by molar-refractivity contribution is 5.82. The molecule has 0 spiro atoms. The molecule has 1 atom stereocenters. The minimum absolute atomic E-state index is 0.106. The molecule has 1 saturated carbocycles. The lowest BCUT2D eigenvalue weighted by molar-refractivity contribution is -0.150. The van der Waals surface area contributed by atoms with Crippen molar-refractivity contribution in [2.75, 3.05) is 13.1 Å². The third-order valence-electron chi connectivity index (χ3n) is 4.93. The molecule has 1 saturated heterocycles. The van der Waals surface area contributed by atoms with Gasteiger partial charge in [0.2, 0.25) is 11.6 Å². The first-order valence-corrected chi connectivity index (χ1v) is 7.73. The number of likely N-dealkylation sites (tertiary alicyclic amines) is 1. The van der Waals surface area contributed by atoms with Gasteiger partial charge in [-0.2, -0.15) is 0 Å². The number of alkyl halides is 1. The van der Waals surface area contributed by atoms with E-state index in [0.29, 0.717) is 18.3 Å². The fourth-order valence-electron chi connectivity index (χ4n) is 3.44. The summed E-state index contributed by atoms with van der Waals surface area (Å²) in [6, 6.07) is 10.2. The van der Waals surface area contributed by atoms with Crippen LogP contribution in [0.3, 0.4) is 0 Å². The molecule has 4 nitrogen and oxygen atoms in total. The van der Waals surface area contributed by atoms with E-state index < -0.39 is 11.6 Å². The van der Waals surface area contributed by atoms with Gasteiger partial charge in [0.15, 0.2) is 0 Å². The smallest absolute Gasteiger partial charge is 0.343 e. The maximum atomic E-state index is 14.0. The summed E-state index contributed by atoms with van der Waals surface area (Å²) >= 11 is 0. The fourth-order valence-corrected chi connectivity index (χ4v) is 3.44. The van der Waals surface area contributed by atoms with Gasteiger partial charge in [0, 0.05) is 19.4 Å². The molecular weight excluding hydrogens is 285 g/mol. The van der Waals surface area contributed by atoms with Crippen LogP contribution in [0.5, 0.6) is 0 Å². The Labute approximate surface area is 128 Å². The lowest BCUT2D eigenvalue weighted by Gasteiger charge is -2.36. The molecule has 0 radical (unpaired) electrons. The van der Waals surface area contributed by atoms with Gasteiger partial charge in [0.25, 0.3) is 0 Å². The molecule has 0 bridgehead atoms. The van der Waals surface area contributed by atoms with E-state index >= 15 is 0 Å². The molecule has 1 unspecified atom stereocenters. The number of carbonyl (C=O) groups is 2. The SMILES string of the molecule is O=C(CC1CC(c2ccccc2)C1)N1CCC(F)(C(=O)O)C1. The minimum Gasteiger partial charge on any atom is -0.479 e. The minimum atomic E-state index is -2.26. The third-order valence-corrected chi connectivity index (χ3v) is 4.93. The maximum absolute atomic E-state index is 14.0. The number of aliphatic carboxylic acids is 1. The van der Waals surface area contributed by atoms with Crippen molar-refractivity contribution in [1.29, 1.82) is 0 Å². The number of nitrogens with zero attached hydrogens (tertiary/aromatic N) is 1. The Kier molecular flexibility index (Phi) is 3.89. The molecule has 2 fully saturated rings. The average molecular weight is 305 g/mol. The van der Waals surface area contributed by atoms with Crippen molar-refractivity contribution in [2.24, 2.45) is 5.92 Å². The van der Waals surface area contributed by atoms with Crippen molar-refractivity contribution < 1.29 is 19.1 Å². The summed E-state index contributed by atoms with van der Waals surface area (Å²) in [5.41, 5.74) is -0.956. The molecule has 3 rings (SSSR count). The van der Waals surface area contributed by atoms with Crippen LogP contribution in [0.25, 0.3) is 0 Å². The van der Waals surface area contributed by atoms with Gasteiger partial charge in [-0.05, 0) is 30.2 Å². The second kappa shape index (κ2) is 5.71. The summed E-state index contributed by atoms with van der Waals surface area (Å²) in [7, 11) is 0. The van der Waals surface area contributed by atoms with Crippen LogP contribution in [-0.4, -0.2) is 40.6 Å². The van der Waals surface area contributed by atoms with E-state index in [1.807, 2.05) is 18.2 Å². The zero-order chi connectivity index (χ0) is 15.7. The lowest BCUT2D eigenvalue weighted by Crippen LogP contribution is -2.40. The molecule has 1 amide bonds. The van der Waals surface area contributed by atoms with Crippen molar-refractivity contribution in [3.05, 3.63) is 35.9 Å². The molecule has 118 valence electrons. The number of carboxylic acids is 1. The largest absolute Gasteiger partial charge is 0.479 e. The number of carbonyl (C=O) groups excluding carboxylic acids is 1. The molecule has 1 aromatic rings. The van der Waals surface area contributed by atoms with E-state index in [4.69, 9.17) is 5.11 Å². The Morgan fingerprint density at radius 2 is 1.95 bits per heavy atom. The van der Waals surface area contributed by atoms with E-state index in [-0.39, 0.29) is 25.4 Å². The van der Waals surface area contributed by atoms with E-state index in [2.05, 4.69) is 12.1 Å². The van der Waals surface area contributed by atoms with Crippen LogP contribution in [0.1, 0.15) is 37.2 Å². The third kappa shape index (κ3) is 2.85. The van der Waals surface area contributed by atoms with Gasteiger partial charge in [0.1, 0.15) is 0 Å². The molecule has 22 heavy (non-hydrogen) atoms. The summed E-state index contributed by atoms with van der Waals surface area (Å²) < 4.78 is 14.0. The Morgan fingerprint density at radius 1 is 1.27 bits per heavy atom. The first-order valence-electron chi connectivity index (χ1n) is 7.73. The first kappa shape index (κ1) is 15.0. The number of carboxylic acid groups (broad SMARTS) is 1. The highest BCUT2D eigenvalue weighted by Gasteiger charge is 2.47. The van der Waals surface area contributed by atoms with Crippen LogP contribution in [0.15, 0.2) is 30.3 Å². The molecule has 1 aromatic carbocycles. The Balaban J connectivity index is 1.48. The fraction of sp³-hybridized carbons (Fsp3) is 0.529. The Bertz CT molecular complexity index is 571. The van der Waals surface area contributed by atoms with Gasteiger partial charge < -0.3 is 10.0 Å². The molecule has 2 aliphatic rings. The van der Waals surface area contributed by atoms with Crippen molar-refractivity contribution in [2.45, 2.75) is 37.3 Å². The lowest BCUT2D eigenvalue weighted by atomic mass is 9.70. The van der Waals surface area contributed by atoms with Gasteiger partial charge in [-0.15, -0.1) is 0 Å². The number of amides is 1. The standard InChI is InChI=1S/C17H20FNO3/c18-17(16(21)22)6-7-19(11-17)15(20)10-12-8-14(9-12)13-4-2-1-3-5-13/h1-5,12,14H,6-11H2,(H,21,22).